The molecule has 3 aromatic heterocycles. The standard InChI is InChI=1S/C15H20N6S/c1-9(2)5-13-19-20-15(22-13)17-8-12-7-16-14-18-10(3)6-11(4)21(12)14/h6-7,9H,5,8H2,1-4H3,(H,17,20). The Morgan fingerprint density at radius 2 is 2.09 bits per heavy atom. The van der Waals surface area contributed by atoms with Crippen LogP contribution in [0.4, 0.5) is 5.13 Å². The number of aryl methyl sites for hydroxylation is 2. The molecule has 1 N–H and O–H groups in total. The second kappa shape index (κ2) is 6.00. The first-order chi connectivity index (χ1) is 10.5. The van der Waals surface area contributed by atoms with Gasteiger partial charge in [0.15, 0.2) is 0 Å². The van der Waals surface area contributed by atoms with Crippen LogP contribution in [0.15, 0.2) is 12.3 Å². The van der Waals surface area contributed by atoms with Crippen molar-refractivity contribution < 1.29 is 0 Å². The lowest BCUT2D eigenvalue weighted by atomic mass is 10.1. The van der Waals surface area contributed by atoms with Gasteiger partial charge in [-0.25, -0.2) is 9.97 Å². The van der Waals surface area contributed by atoms with Crippen LogP contribution in [0.3, 0.4) is 0 Å². The second-order valence-electron chi connectivity index (χ2n) is 5.88. The highest BCUT2D eigenvalue weighted by Gasteiger charge is 2.10. The fourth-order valence-corrected chi connectivity index (χ4v) is 3.39. The fourth-order valence-electron chi connectivity index (χ4n) is 2.44. The normalized spacial score (nSPS) is 11.5. The summed E-state index contributed by atoms with van der Waals surface area (Å²) in [7, 11) is 0. The third kappa shape index (κ3) is 3.09. The molecule has 0 atom stereocenters. The molecule has 7 heteroatoms. The molecule has 0 saturated carbocycles. The van der Waals surface area contributed by atoms with Gasteiger partial charge < -0.3 is 5.32 Å². The second-order valence-corrected chi connectivity index (χ2v) is 6.94. The highest BCUT2D eigenvalue weighted by molar-refractivity contribution is 7.15. The largest absolute Gasteiger partial charge is 0.354 e. The molecule has 0 unspecified atom stereocenters. The van der Waals surface area contributed by atoms with Crippen LogP contribution in [0.1, 0.15) is 35.9 Å². The van der Waals surface area contributed by atoms with Crippen molar-refractivity contribution in [1.82, 2.24) is 24.6 Å². The molecule has 0 aliphatic carbocycles. The number of anilines is 1. The molecule has 3 aromatic rings. The Morgan fingerprint density at radius 3 is 2.86 bits per heavy atom. The monoisotopic (exact) mass is 316 g/mol. The van der Waals surface area contributed by atoms with E-state index < -0.39 is 0 Å². The van der Waals surface area contributed by atoms with Gasteiger partial charge in [0.2, 0.25) is 10.9 Å². The Hall–Kier alpha value is -2.02. The topological polar surface area (TPSA) is 68.0 Å². The summed E-state index contributed by atoms with van der Waals surface area (Å²) in [4.78, 5) is 8.82. The number of aromatic nitrogens is 5. The molecule has 0 aliphatic rings. The first kappa shape index (κ1) is 14.9. The van der Waals surface area contributed by atoms with Crippen molar-refractivity contribution in [3.8, 4) is 0 Å². The minimum Gasteiger partial charge on any atom is -0.354 e. The molecule has 0 aliphatic heterocycles. The van der Waals surface area contributed by atoms with E-state index in [0.717, 1.165) is 39.4 Å². The summed E-state index contributed by atoms with van der Waals surface area (Å²) in [6.45, 7) is 9.08. The lowest BCUT2D eigenvalue weighted by Gasteiger charge is -2.06. The van der Waals surface area contributed by atoms with E-state index in [1.807, 2.05) is 13.1 Å². The van der Waals surface area contributed by atoms with Crippen LogP contribution in [-0.4, -0.2) is 24.6 Å². The third-order valence-electron chi connectivity index (χ3n) is 3.33. The molecular formula is C15H20N6S. The lowest BCUT2D eigenvalue weighted by Crippen LogP contribution is -2.05. The fraction of sp³-hybridized carbons (Fsp3) is 0.467. The van der Waals surface area contributed by atoms with Gasteiger partial charge in [0.05, 0.1) is 18.4 Å². The van der Waals surface area contributed by atoms with E-state index in [-0.39, 0.29) is 0 Å². The number of nitrogens with zero attached hydrogens (tertiary/aromatic N) is 5. The number of imidazole rings is 1. The molecule has 0 bridgehead atoms. The van der Waals surface area contributed by atoms with Crippen LogP contribution in [0.25, 0.3) is 5.78 Å². The van der Waals surface area contributed by atoms with Crippen molar-refractivity contribution in [2.75, 3.05) is 5.32 Å². The Balaban J connectivity index is 1.75. The molecule has 0 fully saturated rings. The number of hydrogen-bond acceptors (Lipinski definition) is 6. The molecule has 116 valence electrons. The van der Waals surface area contributed by atoms with Gasteiger partial charge in [-0.15, -0.1) is 10.2 Å². The molecule has 6 nitrogen and oxygen atoms in total. The summed E-state index contributed by atoms with van der Waals surface area (Å²) in [5.41, 5.74) is 3.19. The van der Waals surface area contributed by atoms with Crippen LogP contribution in [0, 0.1) is 19.8 Å². The summed E-state index contributed by atoms with van der Waals surface area (Å²) >= 11 is 1.62. The maximum atomic E-state index is 4.45. The SMILES string of the molecule is Cc1cc(C)n2c(CNc3nnc(CC(C)C)s3)cnc2n1. The number of fused-ring (bicyclic) bond motifs is 1. The summed E-state index contributed by atoms with van der Waals surface area (Å²) in [6, 6.07) is 2.06. The molecule has 3 heterocycles. The highest BCUT2D eigenvalue weighted by atomic mass is 32.1. The molecule has 3 rings (SSSR count). The quantitative estimate of drug-likeness (QED) is 0.783. The summed E-state index contributed by atoms with van der Waals surface area (Å²) < 4.78 is 2.07. The van der Waals surface area contributed by atoms with Crippen LogP contribution >= 0.6 is 11.3 Å². The molecule has 0 amide bonds. The van der Waals surface area contributed by atoms with Gasteiger partial charge in [0.25, 0.3) is 0 Å². The highest BCUT2D eigenvalue weighted by Crippen LogP contribution is 2.19. The van der Waals surface area contributed by atoms with Gasteiger partial charge in [0.1, 0.15) is 5.01 Å². The maximum Gasteiger partial charge on any atom is 0.234 e. The minimum atomic E-state index is 0.594. The van der Waals surface area contributed by atoms with Gasteiger partial charge in [-0.3, -0.25) is 4.40 Å². The van der Waals surface area contributed by atoms with Gasteiger partial charge >= 0.3 is 0 Å². The van der Waals surface area contributed by atoms with Crippen molar-refractivity contribution in [3.63, 3.8) is 0 Å². The van der Waals surface area contributed by atoms with Crippen molar-refractivity contribution >= 4 is 22.2 Å². The molecule has 0 spiro atoms. The average Bonchev–Trinajstić information content (AvgIpc) is 3.02. The van der Waals surface area contributed by atoms with Gasteiger partial charge in [-0.05, 0) is 25.8 Å². The molecular weight excluding hydrogens is 296 g/mol. The average molecular weight is 316 g/mol. The Kier molecular flexibility index (Phi) is 4.06. The zero-order valence-corrected chi connectivity index (χ0v) is 14.1. The molecule has 0 radical (unpaired) electrons. The van der Waals surface area contributed by atoms with Crippen molar-refractivity contribution in [3.05, 3.63) is 34.4 Å². The van der Waals surface area contributed by atoms with E-state index in [9.17, 15) is 0 Å². The van der Waals surface area contributed by atoms with Crippen molar-refractivity contribution in [1.29, 1.82) is 0 Å². The molecule has 22 heavy (non-hydrogen) atoms. The Morgan fingerprint density at radius 1 is 1.27 bits per heavy atom. The van der Waals surface area contributed by atoms with E-state index in [1.165, 1.54) is 0 Å². The van der Waals surface area contributed by atoms with Crippen LogP contribution in [0.5, 0.6) is 0 Å². The van der Waals surface area contributed by atoms with Crippen LogP contribution in [0.2, 0.25) is 0 Å². The van der Waals surface area contributed by atoms with Gasteiger partial charge in [-0.1, -0.05) is 25.2 Å². The molecule has 0 aromatic carbocycles. The van der Waals surface area contributed by atoms with Crippen molar-refractivity contribution in [2.45, 2.75) is 40.7 Å². The van der Waals surface area contributed by atoms with E-state index in [0.29, 0.717) is 12.5 Å². The number of rotatable bonds is 5. The van der Waals surface area contributed by atoms with Gasteiger partial charge in [-0.2, -0.15) is 0 Å². The van der Waals surface area contributed by atoms with E-state index in [2.05, 4.69) is 56.7 Å². The summed E-state index contributed by atoms with van der Waals surface area (Å²) in [5, 5.41) is 13.7. The van der Waals surface area contributed by atoms with E-state index in [4.69, 9.17) is 0 Å². The first-order valence-corrected chi connectivity index (χ1v) is 8.21. The van der Waals surface area contributed by atoms with E-state index in [1.54, 1.807) is 11.3 Å². The van der Waals surface area contributed by atoms with Crippen molar-refractivity contribution in [2.24, 2.45) is 5.92 Å². The predicted molar refractivity (Wildman–Crippen MR) is 88.2 cm³/mol. The predicted octanol–water partition coefficient (Wildman–Crippen LogP) is 3.01. The number of hydrogen-bond donors (Lipinski definition) is 1. The summed E-state index contributed by atoms with van der Waals surface area (Å²) in [5.74, 6) is 1.34. The zero-order chi connectivity index (χ0) is 15.7. The Bertz CT molecular complexity index is 789. The Labute approximate surface area is 133 Å². The smallest absolute Gasteiger partial charge is 0.234 e. The zero-order valence-electron chi connectivity index (χ0n) is 13.3. The number of nitrogens with one attached hydrogen (secondary N) is 1. The van der Waals surface area contributed by atoms with E-state index >= 15 is 0 Å². The van der Waals surface area contributed by atoms with Gasteiger partial charge in [0, 0.05) is 17.8 Å². The third-order valence-corrected chi connectivity index (χ3v) is 4.24. The minimum absolute atomic E-state index is 0.594. The van der Waals surface area contributed by atoms with Crippen LogP contribution < -0.4 is 5.32 Å². The summed E-state index contributed by atoms with van der Waals surface area (Å²) in [6.07, 6.45) is 2.83. The maximum absolute atomic E-state index is 4.45. The lowest BCUT2D eigenvalue weighted by molar-refractivity contribution is 0.640. The van der Waals surface area contributed by atoms with Crippen LogP contribution in [-0.2, 0) is 13.0 Å². The molecule has 0 saturated heterocycles. The first-order valence-electron chi connectivity index (χ1n) is 7.39.